The predicted molar refractivity (Wildman–Crippen MR) is 63.4 cm³/mol. The van der Waals surface area contributed by atoms with E-state index in [-0.39, 0.29) is 18.2 Å². The molecule has 2 rings (SSSR count). The normalized spacial score (nSPS) is 9.62. The van der Waals surface area contributed by atoms with Gasteiger partial charge in [0.15, 0.2) is 0 Å². The van der Waals surface area contributed by atoms with E-state index in [1.165, 1.54) is 0 Å². The van der Waals surface area contributed by atoms with Crippen molar-refractivity contribution in [2.45, 2.75) is 0 Å². The first-order chi connectivity index (χ1) is 5.79. The van der Waals surface area contributed by atoms with E-state index in [9.17, 15) is 5.11 Å². The van der Waals surface area contributed by atoms with Gasteiger partial charge in [-0.1, -0.05) is 6.07 Å². The van der Waals surface area contributed by atoms with Crippen LogP contribution in [0.25, 0.3) is 10.9 Å². The van der Waals surface area contributed by atoms with Crippen LogP contribution in [0.15, 0.2) is 30.5 Å². The second kappa shape index (κ2) is 4.11. The number of phenols is 1. The average molecular weight is 308 g/mol. The standard InChI is InChI=1S/C9H6INO.ClH/c10-7-3-4-8(12)9-6(7)2-1-5-11-9;/h1-5,12H;1H. The lowest BCUT2D eigenvalue weighted by Crippen LogP contribution is -1.81. The van der Waals surface area contributed by atoms with E-state index in [4.69, 9.17) is 0 Å². The number of nitrogens with zero attached hydrogens (tertiary/aromatic N) is 1. The van der Waals surface area contributed by atoms with E-state index < -0.39 is 0 Å². The fraction of sp³-hybridized carbons (Fsp3) is 0. The van der Waals surface area contributed by atoms with Crippen LogP contribution < -0.4 is 0 Å². The summed E-state index contributed by atoms with van der Waals surface area (Å²) < 4.78 is 1.11. The van der Waals surface area contributed by atoms with Crippen LogP contribution in [0, 0.1) is 3.57 Å². The van der Waals surface area contributed by atoms with Gasteiger partial charge in [-0.3, -0.25) is 4.98 Å². The van der Waals surface area contributed by atoms with Crippen LogP contribution in [0.5, 0.6) is 5.75 Å². The van der Waals surface area contributed by atoms with Gasteiger partial charge in [0.1, 0.15) is 11.3 Å². The maximum atomic E-state index is 9.43. The maximum absolute atomic E-state index is 9.43. The number of fused-ring (bicyclic) bond motifs is 1. The van der Waals surface area contributed by atoms with E-state index in [2.05, 4.69) is 27.6 Å². The zero-order valence-corrected chi connectivity index (χ0v) is 9.54. The number of hydrogen-bond donors (Lipinski definition) is 1. The molecular weight excluding hydrogens is 300 g/mol. The Kier molecular flexibility index (Phi) is 3.33. The van der Waals surface area contributed by atoms with E-state index in [1.54, 1.807) is 12.3 Å². The molecule has 13 heavy (non-hydrogen) atoms. The minimum Gasteiger partial charge on any atom is -0.506 e. The van der Waals surface area contributed by atoms with Crippen LogP contribution in [0.2, 0.25) is 0 Å². The second-order valence-corrected chi connectivity index (χ2v) is 3.63. The summed E-state index contributed by atoms with van der Waals surface area (Å²) in [6.45, 7) is 0. The summed E-state index contributed by atoms with van der Waals surface area (Å²) in [7, 11) is 0. The quantitative estimate of drug-likeness (QED) is 0.759. The van der Waals surface area contributed by atoms with Crippen LogP contribution >= 0.6 is 35.0 Å². The van der Waals surface area contributed by atoms with Gasteiger partial charge in [-0.25, -0.2) is 0 Å². The first kappa shape index (κ1) is 10.5. The number of rotatable bonds is 0. The number of aromatic hydroxyl groups is 1. The smallest absolute Gasteiger partial charge is 0.141 e. The van der Waals surface area contributed by atoms with E-state index in [1.807, 2.05) is 18.2 Å². The van der Waals surface area contributed by atoms with Gasteiger partial charge < -0.3 is 5.11 Å². The van der Waals surface area contributed by atoms with Crippen LogP contribution in [-0.2, 0) is 0 Å². The van der Waals surface area contributed by atoms with Gasteiger partial charge in [0.05, 0.1) is 0 Å². The highest BCUT2D eigenvalue weighted by atomic mass is 127. The molecule has 2 aromatic rings. The second-order valence-electron chi connectivity index (χ2n) is 2.47. The largest absolute Gasteiger partial charge is 0.506 e. The molecule has 0 unspecified atom stereocenters. The Morgan fingerprint density at radius 3 is 2.69 bits per heavy atom. The molecule has 0 fully saturated rings. The first-order valence-electron chi connectivity index (χ1n) is 3.51. The molecule has 0 aliphatic rings. The molecule has 1 N–H and O–H groups in total. The average Bonchev–Trinajstić information content (AvgIpc) is 2.12. The lowest BCUT2D eigenvalue weighted by atomic mass is 10.2. The summed E-state index contributed by atoms with van der Waals surface area (Å²) in [6, 6.07) is 7.35. The van der Waals surface area contributed by atoms with Crippen LogP contribution in [0.3, 0.4) is 0 Å². The maximum Gasteiger partial charge on any atom is 0.141 e. The van der Waals surface area contributed by atoms with Gasteiger partial charge in [0.2, 0.25) is 0 Å². The molecule has 0 saturated heterocycles. The van der Waals surface area contributed by atoms with E-state index in [0.717, 1.165) is 8.96 Å². The summed E-state index contributed by atoms with van der Waals surface area (Å²) >= 11 is 2.22. The summed E-state index contributed by atoms with van der Waals surface area (Å²) in [5.74, 6) is 0.242. The Morgan fingerprint density at radius 1 is 1.23 bits per heavy atom. The highest BCUT2D eigenvalue weighted by Gasteiger charge is 2.02. The van der Waals surface area contributed by atoms with Gasteiger partial charge in [0.25, 0.3) is 0 Å². The van der Waals surface area contributed by atoms with Crippen LogP contribution in [-0.4, -0.2) is 10.1 Å². The van der Waals surface area contributed by atoms with Crippen LogP contribution in [0.1, 0.15) is 0 Å². The molecule has 0 spiro atoms. The summed E-state index contributed by atoms with van der Waals surface area (Å²) in [6.07, 6.45) is 1.68. The van der Waals surface area contributed by atoms with Crippen molar-refractivity contribution < 1.29 is 5.11 Å². The first-order valence-corrected chi connectivity index (χ1v) is 4.59. The molecule has 0 bridgehead atoms. The molecular formula is C9H7ClINO. The Hall–Kier alpha value is -0.550. The van der Waals surface area contributed by atoms with Crippen molar-refractivity contribution in [3.63, 3.8) is 0 Å². The van der Waals surface area contributed by atoms with Gasteiger partial charge >= 0.3 is 0 Å². The molecule has 0 amide bonds. The Labute approximate surface area is 95.5 Å². The van der Waals surface area contributed by atoms with E-state index >= 15 is 0 Å². The number of hydrogen-bond acceptors (Lipinski definition) is 2. The molecule has 68 valence electrons. The predicted octanol–water partition coefficient (Wildman–Crippen LogP) is 2.97. The van der Waals surface area contributed by atoms with Crippen molar-refractivity contribution in [2.75, 3.05) is 0 Å². The molecule has 4 heteroatoms. The Morgan fingerprint density at radius 2 is 2.00 bits per heavy atom. The van der Waals surface area contributed by atoms with Crippen molar-refractivity contribution >= 4 is 45.9 Å². The lowest BCUT2D eigenvalue weighted by Gasteiger charge is -2.00. The van der Waals surface area contributed by atoms with Crippen molar-refractivity contribution in [3.8, 4) is 5.75 Å². The number of aromatic nitrogens is 1. The molecule has 0 aliphatic heterocycles. The van der Waals surface area contributed by atoms with Crippen LogP contribution in [0.4, 0.5) is 0 Å². The Balaban J connectivity index is 0.000000845. The summed E-state index contributed by atoms with van der Waals surface area (Å²) in [5.41, 5.74) is 0.671. The molecule has 0 saturated carbocycles. The number of phenolic OH excluding ortho intramolecular Hbond substituents is 1. The van der Waals surface area contributed by atoms with Crippen molar-refractivity contribution in [3.05, 3.63) is 34.0 Å². The van der Waals surface area contributed by atoms with Gasteiger partial charge in [-0.05, 0) is 40.8 Å². The van der Waals surface area contributed by atoms with E-state index in [0.29, 0.717) is 5.52 Å². The molecule has 2 nitrogen and oxygen atoms in total. The van der Waals surface area contributed by atoms with Crippen molar-refractivity contribution in [2.24, 2.45) is 0 Å². The zero-order chi connectivity index (χ0) is 8.55. The third-order valence-electron chi connectivity index (χ3n) is 1.70. The minimum absolute atomic E-state index is 0. The molecule has 1 aromatic heterocycles. The third-order valence-corrected chi connectivity index (χ3v) is 2.64. The number of pyridine rings is 1. The third kappa shape index (κ3) is 1.86. The fourth-order valence-electron chi connectivity index (χ4n) is 1.12. The summed E-state index contributed by atoms with van der Waals surface area (Å²) in [4.78, 5) is 4.09. The molecule has 0 atom stereocenters. The zero-order valence-electron chi connectivity index (χ0n) is 6.57. The topological polar surface area (TPSA) is 33.1 Å². The van der Waals surface area contributed by atoms with Crippen molar-refractivity contribution in [1.29, 1.82) is 0 Å². The van der Waals surface area contributed by atoms with Gasteiger partial charge in [0, 0.05) is 15.2 Å². The Bertz CT molecular complexity index is 392. The highest BCUT2D eigenvalue weighted by Crippen LogP contribution is 2.25. The molecule has 0 radical (unpaired) electrons. The highest BCUT2D eigenvalue weighted by molar-refractivity contribution is 14.1. The molecule has 1 aromatic carbocycles. The number of benzene rings is 1. The molecule has 0 aliphatic carbocycles. The minimum atomic E-state index is 0. The number of halogens is 2. The van der Waals surface area contributed by atoms with Crippen molar-refractivity contribution in [1.82, 2.24) is 4.98 Å². The van der Waals surface area contributed by atoms with Gasteiger partial charge in [-0.15, -0.1) is 12.4 Å². The fourth-order valence-corrected chi connectivity index (χ4v) is 1.74. The SMILES string of the molecule is Cl.Oc1ccc(I)c2cccnc12. The van der Waals surface area contributed by atoms with Gasteiger partial charge in [-0.2, -0.15) is 0 Å². The lowest BCUT2D eigenvalue weighted by molar-refractivity contribution is 0.480. The summed E-state index contributed by atoms with van der Waals surface area (Å²) in [5, 5.41) is 10.4. The monoisotopic (exact) mass is 307 g/mol. The molecule has 1 heterocycles.